The van der Waals surface area contributed by atoms with Crippen LogP contribution in [0.25, 0.3) is 5.57 Å². The molecule has 0 aliphatic carbocycles. The Morgan fingerprint density at radius 3 is 2.84 bits per heavy atom. The van der Waals surface area contributed by atoms with Crippen molar-refractivity contribution in [2.45, 2.75) is 13.8 Å². The number of carbonyl (C=O) groups excluding carboxylic acids is 1. The lowest BCUT2D eigenvalue weighted by molar-refractivity contribution is -0.137. The molecule has 2 rings (SSSR count). The zero-order valence-corrected chi connectivity index (χ0v) is 10.7. The second-order valence-corrected chi connectivity index (χ2v) is 3.90. The van der Waals surface area contributed by atoms with Crippen molar-refractivity contribution in [2.24, 2.45) is 0 Å². The number of hydrogen-bond acceptors (Lipinski definition) is 5. The fourth-order valence-electron chi connectivity index (χ4n) is 1.76. The van der Waals surface area contributed by atoms with Crippen molar-refractivity contribution in [1.82, 2.24) is 0 Å². The lowest BCUT2D eigenvalue weighted by atomic mass is 10.0. The van der Waals surface area contributed by atoms with Gasteiger partial charge in [0.15, 0.2) is 11.5 Å². The lowest BCUT2D eigenvalue weighted by Crippen LogP contribution is -2.08. The van der Waals surface area contributed by atoms with Crippen molar-refractivity contribution in [1.29, 1.82) is 5.26 Å². The van der Waals surface area contributed by atoms with Gasteiger partial charge in [-0.15, -0.1) is 0 Å². The van der Waals surface area contributed by atoms with Crippen LogP contribution in [0.2, 0.25) is 0 Å². The molecule has 0 unspecified atom stereocenters. The van der Waals surface area contributed by atoms with Crippen molar-refractivity contribution in [2.75, 3.05) is 13.4 Å². The second-order valence-electron chi connectivity index (χ2n) is 3.90. The summed E-state index contributed by atoms with van der Waals surface area (Å²) in [4.78, 5) is 11.7. The molecule has 1 heterocycles. The lowest BCUT2D eigenvalue weighted by Gasteiger charge is -2.06. The highest BCUT2D eigenvalue weighted by Crippen LogP contribution is 2.35. The number of esters is 1. The first kappa shape index (κ1) is 13.0. The molecule has 5 nitrogen and oxygen atoms in total. The summed E-state index contributed by atoms with van der Waals surface area (Å²) in [6.45, 7) is 3.82. The SMILES string of the molecule is CCOC(=O)C(C#N)=C(C)c1ccc2c(c1)OCO2. The van der Waals surface area contributed by atoms with Crippen LogP contribution in [0.5, 0.6) is 11.5 Å². The Morgan fingerprint density at radius 1 is 1.42 bits per heavy atom. The Balaban J connectivity index is 2.39. The van der Waals surface area contributed by atoms with Gasteiger partial charge in [-0.05, 0) is 37.1 Å². The van der Waals surface area contributed by atoms with E-state index in [0.717, 1.165) is 5.56 Å². The molecule has 1 aromatic carbocycles. The maximum Gasteiger partial charge on any atom is 0.349 e. The molecule has 1 aromatic rings. The van der Waals surface area contributed by atoms with Crippen LogP contribution in [0.4, 0.5) is 0 Å². The van der Waals surface area contributed by atoms with Crippen LogP contribution in [-0.4, -0.2) is 19.4 Å². The first-order chi connectivity index (χ1) is 9.17. The molecule has 0 amide bonds. The van der Waals surface area contributed by atoms with Crippen molar-refractivity contribution in [3.8, 4) is 17.6 Å². The van der Waals surface area contributed by atoms with Crippen LogP contribution in [0.15, 0.2) is 23.8 Å². The minimum Gasteiger partial charge on any atom is -0.462 e. The largest absolute Gasteiger partial charge is 0.462 e. The fourth-order valence-corrected chi connectivity index (χ4v) is 1.76. The van der Waals surface area contributed by atoms with Crippen LogP contribution < -0.4 is 9.47 Å². The smallest absolute Gasteiger partial charge is 0.349 e. The third kappa shape index (κ3) is 2.52. The van der Waals surface area contributed by atoms with Gasteiger partial charge in [0.1, 0.15) is 11.6 Å². The fraction of sp³-hybridized carbons (Fsp3) is 0.286. The zero-order chi connectivity index (χ0) is 13.8. The summed E-state index contributed by atoms with van der Waals surface area (Å²) in [5.74, 6) is 0.657. The summed E-state index contributed by atoms with van der Waals surface area (Å²) in [5.41, 5.74) is 1.29. The molecule has 0 saturated heterocycles. The molecular formula is C14H13NO4. The number of nitriles is 1. The average Bonchev–Trinajstić information content (AvgIpc) is 2.86. The maximum atomic E-state index is 11.7. The highest BCUT2D eigenvalue weighted by Gasteiger charge is 2.18. The molecule has 19 heavy (non-hydrogen) atoms. The van der Waals surface area contributed by atoms with Gasteiger partial charge in [-0.2, -0.15) is 5.26 Å². The first-order valence-corrected chi connectivity index (χ1v) is 5.85. The van der Waals surface area contributed by atoms with Gasteiger partial charge < -0.3 is 14.2 Å². The number of benzene rings is 1. The number of allylic oxidation sites excluding steroid dienone is 1. The first-order valence-electron chi connectivity index (χ1n) is 5.85. The van der Waals surface area contributed by atoms with Crippen molar-refractivity contribution in [3.05, 3.63) is 29.3 Å². The van der Waals surface area contributed by atoms with Crippen molar-refractivity contribution >= 4 is 11.5 Å². The van der Waals surface area contributed by atoms with Gasteiger partial charge in [-0.1, -0.05) is 6.07 Å². The van der Waals surface area contributed by atoms with Crippen LogP contribution >= 0.6 is 0 Å². The summed E-state index contributed by atoms with van der Waals surface area (Å²) >= 11 is 0. The van der Waals surface area contributed by atoms with E-state index in [1.54, 1.807) is 32.0 Å². The number of carbonyl (C=O) groups is 1. The molecule has 0 atom stereocenters. The second kappa shape index (κ2) is 5.44. The van der Waals surface area contributed by atoms with E-state index in [4.69, 9.17) is 19.5 Å². The average molecular weight is 259 g/mol. The quantitative estimate of drug-likeness (QED) is 0.473. The molecule has 0 radical (unpaired) electrons. The minimum atomic E-state index is -0.611. The summed E-state index contributed by atoms with van der Waals surface area (Å²) in [6.07, 6.45) is 0. The van der Waals surface area contributed by atoms with E-state index in [2.05, 4.69) is 0 Å². The van der Waals surface area contributed by atoms with Crippen molar-refractivity contribution in [3.63, 3.8) is 0 Å². The molecule has 0 saturated carbocycles. The van der Waals surface area contributed by atoms with Gasteiger partial charge in [0.25, 0.3) is 0 Å². The molecule has 0 fully saturated rings. The number of rotatable bonds is 3. The Hall–Kier alpha value is -2.48. The van der Waals surface area contributed by atoms with Crippen LogP contribution in [-0.2, 0) is 9.53 Å². The van der Waals surface area contributed by atoms with E-state index in [9.17, 15) is 4.79 Å². The number of nitrogens with zero attached hydrogens (tertiary/aromatic N) is 1. The Morgan fingerprint density at radius 2 is 2.16 bits per heavy atom. The molecule has 0 N–H and O–H groups in total. The third-order valence-electron chi connectivity index (χ3n) is 2.77. The highest BCUT2D eigenvalue weighted by atomic mass is 16.7. The van der Waals surface area contributed by atoms with E-state index in [-0.39, 0.29) is 19.0 Å². The predicted octanol–water partition coefficient (Wildman–Crippen LogP) is 2.28. The topological polar surface area (TPSA) is 68.6 Å². The molecule has 0 spiro atoms. The zero-order valence-electron chi connectivity index (χ0n) is 10.7. The van der Waals surface area contributed by atoms with Crippen LogP contribution in [0, 0.1) is 11.3 Å². The molecule has 5 heteroatoms. The van der Waals surface area contributed by atoms with E-state index < -0.39 is 5.97 Å². The molecular weight excluding hydrogens is 246 g/mol. The van der Waals surface area contributed by atoms with E-state index in [1.807, 2.05) is 6.07 Å². The number of ether oxygens (including phenoxy) is 3. The number of fused-ring (bicyclic) bond motifs is 1. The predicted molar refractivity (Wildman–Crippen MR) is 67.4 cm³/mol. The normalized spacial score (nSPS) is 13.5. The molecule has 1 aliphatic rings. The standard InChI is InChI=1S/C14H13NO4/c1-3-17-14(16)11(7-15)9(2)10-4-5-12-13(6-10)19-8-18-12/h4-6H,3,8H2,1-2H3. The van der Waals surface area contributed by atoms with Gasteiger partial charge in [-0.25, -0.2) is 4.79 Å². The van der Waals surface area contributed by atoms with Gasteiger partial charge in [0.05, 0.1) is 6.61 Å². The van der Waals surface area contributed by atoms with Crippen LogP contribution in [0.1, 0.15) is 19.4 Å². The van der Waals surface area contributed by atoms with Gasteiger partial charge in [0.2, 0.25) is 6.79 Å². The Kier molecular flexibility index (Phi) is 3.71. The van der Waals surface area contributed by atoms with Crippen molar-refractivity contribution < 1.29 is 19.0 Å². The van der Waals surface area contributed by atoms with Gasteiger partial charge >= 0.3 is 5.97 Å². The monoisotopic (exact) mass is 259 g/mol. The molecule has 0 bridgehead atoms. The maximum absolute atomic E-state index is 11.7. The van der Waals surface area contributed by atoms with Gasteiger partial charge in [0, 0.05) is 0 Å². The summed E-state index contributed by atoms with van der Waals surface area (Å²) in [5, 5.41) is 9.08. The van der Waals surface area contributed by atoms with Gasteiger partial charge in [-0.3, -0.25) is 0 Å². The molecule has 98 valence electrons. The number of hydrogen-bond donors (Lipinski definition) is 0. The molecule has 1 aliphatic heterocycles. The third-order valence-corrected chi connectivity index (χ3v) is 2.77. The van der Waals surface area contributed by atoms with E-state index in [0.29, 0.717) is 17.1 Å². The van der Waals surface area contributed by atoms with E-state index in [1.165, 1.54) is 0 Å². The summed E-state index contributed by atoms with van der Waals surface area (Å²) in [6, 6.07) is 7.16. The summed E-state index contributed by atoms with van der Waals surface area (Å²) < 4.78 is 15.3. The molecule has 0 aromatic heterocycles. The highest BCUT2D eigenvalue weighted by molar-refractivity contribution is 6.01. The Bertz CT molecular complexity index is 584. The minimum absolute atomic E-state index is 0.000662. The Labute approximate surface area is 111 Å². The summed E-state index contributed by atoms with van der Waals surface area (Å²) in [7, 11) is 0. The van der Waals surface area contributed by atoms with E-state index >= 15 is 0 Å². The van der Waals surface area contributed by atoms with Crippen LogP contribution in [0.3, 0.4) is 0 Å².